The molecule has 0 aromatic heterocycles. The van der Waals surface area contributed by atoms with E-state index in [0.717, 1.165) is 50.4 Å². The third-order valence-electron chi connectivity index (χ3n) is 9.24. The number of allylic oxidation sites excluding steroid dienone is 1. The van der Waals surface area contributed by atoms with Gasteiger partial charge in [0.1, 0.15) is 12.9 Å². The van der Waals surface area contributed by atoms with E-state index < -0.39 is 11.4 Å². The second-order valence-electron chi connectivity index (χ2n) is 10.4. The van der Waals surface area contributed by atoms with Gasteiger partial charge in [-0.05, 0) is 73.7 Å². The minimum atomic E-state index is -0.473. The Labute approximate surface area is 179 Å². The molecule has 0 aromatic carbocycles. The van der Waals surface area contributed by atoms with Crippen LogP contribution in [0.15, 0.2) is 11.6 Å². The first-order chi connectivity index (χ1) is 14.3. The van der Waals surface area contributed by atoms with Gasteiger partial charge in [0, 0.05) is 19.3 Å². The van der Waals surface area contributed by atoms with E-state index in [1.807, 2.05) is 0 Å². The molecule has 4 aliphatic carbocycles. The van der Waals surface area contributed by atoms with Gasteiger partial charge in [-0.15, -0.1) is 0 Å². The van der Waals surface area contributed by atoms with Gasteiger partial charge in [-0.1, -0.05) is 25.8 Å². The molecule has 30 heavy (non-hydrogen) atoms. The highest BCUT2D eigenvalue weighted by molar-refractivity contribution is 5.93. The molecule has 5 nitrogen and oxygen atoms in total. The van der Waals surface area contributed by atoms with Crippen molar-refractivity contribution < 1.29 is 23.9 Å². The lowest BCUT2D eigenvalue weighted by molar-refractivity contribution is -0.150. The smallest absolute Gasteiger partial charge is 0.303 e. The van der Waals surface area contributed by atoms with Crippen LogP contribution in [0, 0.1) is 40.4 Å². The van der Waals surface area contributed by atoms with Crippen LogP contribution in [-0.2, 0) is 23.9 Å². The number of carbonyl (C=O) groups excluding carboxylic acids is 4. The molecule has 5 heteroatoms. The number of hydrogen-bond acceptors (Lipinski definition) is 5. The van der Waals surface area contributed by atoms with E-state index in [0.29, 0.717) is 30.6 Å². The maximum atomic E-state index is 13.1. The summed E-state index contributed by atoms with van der Waals surface area (Å²) in [5, 5.41) is 0. The maximum absolute atomic E-state index is 13.1. The molecule has 4 aliphatic rings. The number of rotatable bonds is 5. The standard InChI is InChI=1S/C25H34O5/c1-4-16-11-21-19-6-5-17-12-18(28)7-10-25(17,14-26)20(19)8-9-24(21,3)23(16)22(29)13-30-15(2)27/h12,14,16,19-21,23H,4-11,13H2,1-3H3/t16-,19-,20+,21+,23-,24+,25-/m1/s1. The van der Waals surface area contributed by atoms with Gasteiger partial charge < -0.3 is 9.53 Å². The highest BCUT2D eigenvalue weighted by Gasteiger charge is 2.63. The van der Waals surface area contributed by atoms with Crippen LogP contribution < -0.4 is 0 Å². The molecule has 4 rings (SSSR count). The number of ether oxygens (including phenoxy) is 1. The third-order valence-corrected chi connectivity index (χ3v) is 9.24. The van der Waals surface area contributed by atoms with Crippen LogP contribution in [0.1, 0.15) is 72.1 Å². The Bertz CT molecular complexity index is 797. The number of hydrogen-bond donors (Lipinski definition) is 0. The fourth-order valence-corrected chi connectivity index (χ4v) is 7.97. The predicted octanol–water partition coefficient (Wildman–Crippen LogP) is 4.08. The molecule has 0 radical (unpaired) electrons. The van der Waals surface area contributed by atoms with Crippen LogP contribution in [0.2, 0.25) is 0 Å². The van der Waals surface area contributed by atoms with Crippen LogP contribution in [0.4, 0.5) is 0 Å². The van der Waals surface area contributed by atoms with E-state index in [1.54, 1.807) is 6.08 Å². The number of Topliss-reactive ketones (excluding diaryl/α,β-unsaturated/α-hetero) is 1. The lowest BCUT2D eigenvalue weighted by Crippen LogP contribution is -2.53. The van der Waals surface area contributed by atoms with Crippen molar-refractivity contribution in [1.29, 1.82) is 0 Å². The van der Waals surface area contributed by atoms with Crippen LogP contribution in [0.25, 0.3) is 0 Å². The van der Waals surface area contributed by atoms with Gasteiger partial charge in [0.05, 0.1) is 5.41 Å². The quantitative estimate of drug-likeness (QED) is 0.500. The zero-order valence-electron chi connectivity index (χ0n) is 18.4. The Kier molecular flexibility index (Phi) is 5.52. The first-order valence-corrected chi connectivity index (χ1v) is 11.6. The molecule has 0 spiro atoms. The highest BCUT2D eigenvalue weighted by Crippen LogP contribution is 2.67. The van der Waals surface area contributed by atoms with Gasteiger partial charge in [0.15, 0.2) is 11.6 Å². The van der Waals surface area contributed by atoms with Crippen LogP contribution in [0.3, 0.4) is 0 Å². The molecule has 0 bridgehead atoms. The monoisotopic (exact) mass is 414 g/mol. The number of carbonyl (C=O) groups is 4. The first-order valence-electron chi connectivity index (χ1n) is 11.6. The molecule has 3 fully saturated rings. The highest BCUT2D eigenvalue weighted by atomic mass is 16.5. The summed E-state index contributed by atoms with van der Waals surface area (Å²) in [5.41, 5.74) is 0.486. The van der Waals surface area contributed by atoms with Crippen molar-refractivity contribution >= 4 is 23.8 Å². The Balaban J connectivity index is 1.64. The van der Waals surface area contributed by atoms with Crippen molar-refractivity contribution in [3.05, 3.63) is 11.6 Å². The van der Waals surface area contributed by atoms with Gasteiger partial charge in [-0.2, -0.15) is 0 Å². The van der Waals surface area contributed by atoms with Gasteiger partial charge >= 0.3 is 5.97 Å². The van der Waals surface area contributed by atoms with E-state index in [-0.39, 0.29) is 35.4 Å². The van der Waals surface area contributed by atoms with Crippen LogP contribution in [0.5, 0.6) is 0 Å². The molecule has 0 aliphatic heterocycles. The molecular weight excluding hydrogens is 380 g/mol. The van der Waals surface area contributed by atoms with Crippen molar-refractivity contribution in [3.8, 4) is 0 Å². The Hall–Kier alpha value is -1.78. The van der Waals surface area contributed by atoms with Gasteiger partial charge in [-0.3, -0.25) is 14.4 Å². The molecule has 3 saturated carbocycles. The van der Waals surface area contributed by atoms with Crippen molar-refractivity contribution in [2.45, 2.75) is 72.1 Å². The second-order valence-corrected chi connectivity index (χ2v) is 10.4. The van der Waals surface area contributed by atoms with Gasteiger partial charge in [0.2, 0.25) is 0 Å². The Morgan fingerprint density at radius 2 is 1.97 bits per heavy atom. The summed E-state index contributed by atoms with van der Waals surface area (Å²) in [6.45, 7) is 5.63. The van der Waals surface area contributed by atoms with E-state index in [9.17, 15) is 19.2 Å². The summed E-state index contributed by atoms with van der Waals surface area (Å²) in [6.07, 6.45) is 9.65. The second kappa shape index (κ2) is 7.72. The van der Waals surface area contributed by atoms with Crippen molar-refractivity contribution in [2.24, 2.45) is 40.4 Å². The number of ketones is 2. The summed E-state index contributed by atoms with van der Waals surface area (Å²) >= 11 is 0. The summed E-state index contributed by atoms with van der Waals surface area (Å²) < 4.78 is 5.08. The normalized spacial score (nSPS) is 42.4. The van der Waals surface area contributed by atoms with E-state index in [1.165, 1.54) is 6.92 Å². The maximum Gasteiger partial charge on any atom is 0.303 e. The molecule has 0 heterocycles. The van der Waals surface area contributed by atoms with Gasteiger partial charge in [0.25, 0.3) is 0 Å². The largest absolute Gasteiger partial charge is 0.458 e. The summed E-state index contributed by atoms with van der Waals surface area (Å²) in [4.78, 5) is 48.8. The predicted molar refractivity (Wildman–Crippen MR) is 111 cm³/mol. The molecule has 7 atom stereocenters. The van der Waals surface area contributed by atoms with Crippen molar-refractivity contribution in [3.63, 3.8) is 0 Å². The average molecular weight is 415 g/mol. The molecule has 0 amide bonds. The summed E-state index contributed by atoms with van der Waals surface area (Å²) in [5.74, 6) is 1.13. The summed E-state index contributed by atoms with van der Waals surface area (Å²) in [6, 6.07) is 0. The van der Waals surface area contributed by atoms with Crippen molar-refractivity contribution in [2.75, 3.05) is 6.61 Å². The molecule has 0 unspecified atom stereocenters. The third kappa shape index (κ3) is 3.11. The molecule has 164 valence electrons. The molecular formula is C25H34O5. The van der Waals surface area contributed by atoms with E-state index in [2.05, 4.69) is 13.8 Å². The minimum absolute atomic E-state index is 0.0604. The van der Waals surface area contributed by atoms with Crippen LogP contribution >= 0.6 is 0 Å². The zero-order chi connectivity index (χ0) is 21.7. The fraction of sp³-hybridized carbons (Fsp3) is 0.760. The van der Waals surface area contributed by atoms with E-state index >= 15 is 0 Å². The topological polar surface area (TPSA) is 77.5 Å². The van der Waals surface area contributed by atoms with Gasteiger partial charge in [-0.25, -0.2) is 0 Å². The molecule has 0 aromatic rings. The number of esters is 1. The molecule has 0 saturated heterocycles. The summed E-state index contributed by atoms with van der Waals surface area (Å²) in [7, 11) is 0. The first kappa shape index (κ1) is 21.5. The SMILES string of the molecule is CC[C@@H]1C[C@H]2[C@@H]3CCC4=CC(=O)CC[C@]4(C=O)[C@H]3CC[C@]2(C)[C@H]1C(=O)COC(C)=O. The average Bonchev–Trinajstić information content (AvgIpc) is 3.04. The zero-order valence-corrected chi connectivity index (χ0v) is 18.4. The number of aldehydes is 1. The van der Waals surface area contributed by atoms with Crippen molar-refractivity contribution in [1.82, 2.24) is 0 Å². The lowest BCUT2D eigenvalue weighted by atomic mass is 9.46. The molecule has 0 N–H and O–H groups in total. The number of fused-ring (bicyclic) bond motifs is 5. The Morgan fingerprint density at radius 3 is 2.63 bits per heavy atom. The Morgan fingerprint density at radius 1 is 1.20 bits per heavy atom. The minimum Gasteiger partial charge on any atom is -0.458 e. The van der Waals surface area contributed by atoms with Crippen LogP contribution in [-0.4, -0.2) is 30.4 Å². The lowest BCUT2D eigenvalue weighted by Gasteiger charge is -2.57. The van der Waals surface area contributed by atoms with E-state index in [4.69, 9.17) is 4.74 Å². The fourth-order valence-electron chi connectivity index (χ4n) is 7.97.